The van der Waals surface area contributed by atoms with Crippen LogP contribution in [0.2, 0.25) is 0 Å². The summed E-state index contributed by atoms with van der Waals surface area (Å²) in [6.45, 7) is 3.27. The summed E-state index contributed by atoms with van der Waals surface area (Å²) >= 11 is 0. The van der Waals surface area contributed by atoms with Gasteiger partial charge in [0.2, 0.25) is 5.89 Å². The summed E-state index contributed by atoms with van der Waals surface area (Å²) in [6.07, 6.45) is 2.28. The van der Waals surface area contributed by atoms with Crippen LogP contribution in [0.25, 0.3) is 0 Å². The first-order chi connectivity index (χ1) is 9.11. The molecular weight excluding hydrogens is 258 g/mol. The summed E-state index contributed by atoms with van der Waals surface area (Å²) in [7, 11) is 0. The number of nitrogens with zero attached hydrogens (tertiary/aromatic N) is 1. The number of aromatic nitrogens is 1. The Morgan fingerprint density at radius 1 is 1.32 bits per heavy atom. The fraction of sp³-hybridized carbons (Fsp3) is 0.455. The van der Waals surface area contributed by atoms with Crippen molar-refractivity contribution in [1.29, 1.82) is 0 Å². The lowest BCUT2D eigenvalue weighted by Gasteiger charge is -2.02. The summed E-state index contributed by atoms with van der Waals surface area (Å²) in [4.78, 5) is 32.0. The molecule has 0 radical (unpaired) electrons. The number of esters is 1. The molecule has 8 nitrogen and oxygen atoms in total. The third kappa shape index (κ3) is 6.20. The number of hydrogen-bond donors (Lipinski definition) is 0. The Hall–Kier alpha value is -2.38. The van der Waals surface area contributed by atoms with Crippen molar-refractivity contribution in [3.8, 4) is 0 Å². The van der Waals surface area contributed by atoms with E-state index in [1.807, 2.05) is 0 Å². The lowest BCUT2D eigenvalue weighted by atomic mass is 10.2. The van der Waals surface area contributed by atoms with E-state index < -0.39 is 17.9 Å². The highest BCUT2D eigenvalue weighted by atomic mass is 16.7. The average molecular weight is 271 g/mol. The van der Waals surface area contributed by atoms with Gasteiger partial charge >= 0.3 is 17.9 Å². The maximum Gasteiger partial charge on any atom is 0.542 e. The Labute approximate surface area is 108 Å². The van der Waals surface area contributed by atoms with Crippen LogP contribution in [0.3, 0.4) is 0 Å². The minimum Gasteiger partial charge on any atom is -0.434 e. The quantitative estimate of drug-likeness (QED) is 0.315. The summed E-state index contributed by atoms with van der Waals surface area (Å²) in [6, 6.07) is 0. The summed E-state index contributed by atoms with van der Waals surface area (Å²) in [5.74, 6) is -1.44. The van der Waals surface area contributed by atoms with E-state index in [2.05, 4.69) is 30.1 Å². The molecule has 0 saturated heterocycles. The van der Waals surface area contributed by atoms with Crippen LogP contribution in [0.5, 0.6) is 0 Å². The van der Waals surface area contributed by atoms with E-state index in [1.165, 1.54) is 0 Å². The largest absolute Gasteiger partial charge is 0.542 e. The molecule has 0 aromatic carbocycles. The third-order valence-electron chi connectivity index (χ3n) is 2.03. The van der Waals surface area contributed by atoms with Crippen LogP contribution in [-0.2, 0) is 20.7 Å². The molecule has 1 aromatic rings. The molecule has 0 fully saturated rings. The first kappa shape index (κ1) is 14.7. The van der Waals surface area contributed by atoms with Crippen molar-refractivity contribution < 1.29 is 28.0 Å². The van der Waals surface area contributed by atoms with E-state index in [0.717, 1.165) is 12.5 Å². The molecule has 0 N–H and O–H groups in total. The van der Waals surface area contributed by atoms with Crippen LogP contribution in [-0.4, -0.2) is 23.9 Å². The molecule has 0 bridgehead atoms. The van der Waals surface area contributed by atoms with Crippen molar-refractivity contribution in [2.45, 2.75) is 25.7 Å². The maximum atomic E-state index is 10.9. The van der Waals surface area contributed by atoms with Gasteiger partial charge in [-0.3, -0.25) is 4.52 Å². The molecule has 19 heavy (non-hydrogen) atoms. The molecule has 0 aliphatic rings. The Morgan fingerprint density at radius 3 is 2.74 bits per heavy atom. The normalized spacial score (nSPS) is 9.89. The SMILES string of the molecule is C=CC(=O)OC(=O)OCCCCCc1noc(=O)o1. The predicted molar refractivity (Wildman–Crippen MR) is 60.2 cm³/mol. The highest BCUT2D eigenvalue weighted by Gasteiger charge is 2.08. The lowest BCUT2D eigenvalue weighted by Crippen LogP contribution is -2.12. The second-order valence-electron chi connectivity index (χ2n) is 3.46. The van der Waals surface area contributed by atoms with Crippen LogP contribution < -0.4 is 5.82 Å². The minimum absolute atomic E-state index is 0.131. The molecular formula is C11H13NO7. The van der Waals surface area contributed by atoms with Gasteiger partial charge in [-0.15, -0.1) is 0 Å². The zero-order valence-corrected chi connectivity index (χ0v) is 10.1. The van der Waals surface area contributed by atoms with E-state index in [0.29, 0.717) is 19.3 Å². The Bertz CT molecular complexity index is 487. The number of ether oxygens (including phenoxy) is 2. The van der Waals surface area contributed by atoms with Gasteiger partial charge in [-0.1, -0.05) is 6.58 Å². The van der Waals surface area contributed by atoms with Crippen molar-refractivity contribution in [2.75, 3.05) is 6.61 Å². The van der Waals surface area contributed by atoms with Gasteiger partial charge in [0.05, 0.1) is 6.61 Å². The molecule has 104 valence electrons. The van der Waals surface area contributed by atoms with Crippen LogP contribution in [0.15, 0.2) is 26.4 Å². The van der Waals surface area contributed by atoms with Gasteiger partial charge in [-0.2, -0.15) is 0 Å². The van der Waals surface area contributed by atoms with Crippen molar-refractivity contribution in [3.63, 3.8) is 0 Å². The number of carbonyl (C=O) groups excluding carboxylic acids is 2. The standard InChI is InChI=1S/C11H13NO7/c1-2-9(13)18-10(14)16-7-5-3-4-6-8-12-19-11(15)17-8/h2H,1,3-7H2. The van der Waals surface area contributed by atoms with E-state index in [9.17, 15) is 14.4 Å². The van der Waals surface area contributed by atoms with Gasteiger partial charge in [0, 0.05) is 12.5 Å². The zero-order chi connectivity index (χ0) is 14.1. The minimum atomic E-state index is -1.05. The van der Waals surface area contributed by atoms with Crippen LogP contribution >= 0.6 is 0 Å². The van der Waals surface area contributed by atoms with E-state index in [-0.39, 0.29) is 12.5 Å². The number of hydrogen-bond acceptors (Lipinski definition) is 8. The summed E-state index contributed by atoms with van der Waals surface area (Å²) in [5.41, 5.74) is 0. The van der Waals surface area contributed by atoms with Crippen LogP contribution in [0.4, 0.5) is 4.79 Å². The Kier molecular flexibility index (Phi) is 6.07. The molecule has 1 rings (SSSR count). The smallest absolute Gasteiger partial charge is 0.434 e. The second-order valence-corrected chi connectivity index (χ2v) is 3.46. The fourth-order valence-corrected chi connectivity index (χ4v) is 1.18. The fourth-order valence-electron chi connectivity index (χ4n) is 1.18. The summed E-state index contributed by atoms with van der Waals surface area (Å²) in [5, 5.41) is 3.40. The van der Waals surface area contributed by atoms with Crippen molar-refractivity contribution in [1.82, 2.24) is 5.16 Å². The molecule has 1 heterocycles. The van der Waals surface area contributed by atoms with Crippen LogP contribution in [0, 0.1) is 0 Å². The molecule has 0 atom stereocenters. The molecule has 0 saturated carbocycles. The van der Waals surface area contributed by atoms with Crippen molar-refractivity contribution in [2.24, 2.45) is 0 Å². The monoisotopic (exact) mass is 271 g/mol. The number of rotatable bonds is 7. The van der Waals surface area contributed by atoms with Crippen molar-refractivity contribution >= 4 is 12.1 Å². The van der Waals surface area contributed by atoms with E-state index in [1.54, 1.807) is 0 Å². The topological polar surface area (TPSA) is 109 Å². The summed E-state index contributed by atoms with van der Waals surface area (Å²) < 4.78 is 17.6. The molecule has 1 aromatic heterocycles. The van der Waals surface area contributed by atoms with Gasteiger partial charge in [0.25, 0.3) is 0 Å². The average Bonchev–Trinajstić information content (AvgIpc) is 2.79. The first-order valence-electron chi connectivity index (χ1n) is 5.58. The second kappa shape index (κ2) is 7.85. The Morgan fingerprint density at radius 2 is 2.11 bits per heavy atom. The predicted octanol–water partition coefficient (Wildman–Crippen LogP) is 1.21. The van der Waals surface area contributed by atoms with Gasteiger partial charge in [-0.05, 0) is 24.4 Å². The maximum absolute atomic E-state index is 10.9. The zero-order valence-electron chi connectivity index (χ0n) is 10.1. The molecule has 0 amide bonds. The highest BCUT2D eigenvalue weighted by molar-refractivity contribution is 5.89. The number of aryl methyl sites for hydroxylation is 1. The first-order valence-corrected chi connectivity index (χ1v) is 5.58. The van der Waals surface area contributed by atoms with Gasteiger partial charge < -0.3 is 13.9 Å². The van der Waals surface area contributed by atoms with Crippen molar-refractivity contribution in [3.05, 3.63) is 29.2 Å². The number of carbonyl (C=O) groups is 2. The van der Waals surface area contributed by atoms with Gasteiger partial charge in [0.1, 0.15) is 0 Å². The molecule has 0 unspecified atom stereocenters. The third-order valence-corrected chi connectivity index (χ3v) is 2.03. The molecule has 0 aliphatic carbocycles. The molecule has 0 spiro atoms. The lowest BCUT2D eigenvalue weighted by molar-refractivity contribution is -0.134. The van der Waals surface area contributed by atoms with E-state index >= 15 is 0 Å². The highest BCUT2D eigenvalue weighted by Crippen LogP contribution is 2.03. The van der Waals surface area contributed by atoms with Gasteiger partial charge in [-0.25, -0.2) is 14.4 Å². The Balaban J connectivity index is 2.02. The number of unbranched alkanes of at least 4 members (excludes halogenated alkanes) is 2. The van der Waals surface area contributed by atoms with E-state index in [4.69, 9.17) is 0 Å². The molecule has 8 heteroatoms. The van der Waals surface area contributed by atoms with Crippen LogP contribution in [0.1, 0.15) is 25.2 Å². The molecule has 0 aliphatic heterocycles. The van der Waals surface area contributed by atoms with Gasteiger partial charge in [0.15, 0.2) is 0 Å².